The number of benzene rings is 1. The van der Waals surface area contributed by atoms with Crippen LogP contribution in [0.4, 0.5) is 8.78 Å². The fourth-order valence-corrected chi connectivity index (χ4v) is 3.04. The maximum Gasteiger partial charge on any atom is 0.128 e. The highest BCUT2D eigenvalue weighted by Crippen LogP contribution is 2.40. The highest BCUT2D eigenvalue weighted by atomic mass is 19.1. The molecule has 0 amide bonds. The van der Waals surface area contributed by atoms with Crippen molar-refractivity contribution in [2.24, 2.45) is 11.7 Å². The van der Waals surface area contributed by atoms with Crippen molar-refractivity contribution in [2.45, 2.75) is 51.0 Å². The topological polar surface area (TPSA) is 26.0 Å². The van der Waals surface area contributed by atoms with E-state index in [9.17, 15) is 8.78 Å². The first-order valence-corrected chi connectivity index (χ1v) is 6.79. The molecule has 0 radical (unpaired) electrons. The minimum atomic E-state index is -0.684. The van der Waals surface area contributed by atoms with Gasteiger partial charge in [-0.3, -0.25) is 0 Å². The van der Waals surface area contributed by atoms with Gasteiger partial charge in [0, 0.05) is 11.1 Å². The molecular weight excluding hydrogens is 232 g/mol. The summed E-state index contributed by atoms with van der Waals surface area (Å²) in [6.45, 7) is 2.18. The molecule has 1 nitrogen and oxygen atoms in total. The molecule has 1 saturated carbocycles. The molecule has 0 unspecified atom stereocenters. The lowest BCUT2D eigenvalue weighted by Crippen LogP contribution is -2.41. The third kappa shape index (κ3) is 2.72. The van der Waals surface area contributed by atoms with Crippen LogP contribution >= 0.6 is 0 Å². The zero-order chi connectivity index (χ0) is 13.2. The van der Waals surface area contributed by atoms with E-state index in [0.29, 0.717) is 11.5 Å². The summed E-state index contributed by atoms with van der Waals surface area (Å²) in [6, 6.07) is 3.58. The van der Waals surface area contributed by atoms with Crippen LogP contribution in [-0.2, 0) is 5.54 Å². The Kier molecular flexibility index (Phi) is 4.00. The number of nitrogens with two attached hydrogens (primary N) is 1. The summed E-state index contributed by atoms with van der Waals surface area (Å²) in [4.78, 5) is 0. The van der Waals surface area contributed by atoms with E-state index >= 15 is 0 Å². The fraction of sp³-hybridized carbons (Fsp3) is 0.600. The van der Waals surface area contributed by atoms with E-state index in [0.717, 1.165) is 31.7 Å². The van der Waals surface area contributed by atoms with Crippen molar-refractivity contribution in [3.05, 3.63) is 35.4 Å². The second-order valence-electron chi connectivity index (χ2n) is 5.51. The smallest absolute Gasteiger partial charge is 0.128 e. The molecule has 0 atom stereocenters. The molecule has 0 aromatic heterocycles. The summed E-state index contributed by atoms with van der Waals surface area (Å²) in [5.74, 6) is -0.0944. The molecule has 0 spiro atoms. The fourth-order valence-electron chi connectivity index (χ4n) is 3.04. The van der Waals surface area contributed by atoms with Gasteiger partial charge in [-0.05, 0) is 49.8 Å². The lowest BCUT2D eigenvalue weighted by Gasteiger charge is -2.37. The molecule has 1 aromatic rings. The highest BCUT2D eigenvalue weighted by Gasteiger charge is 2.35. The lowest BCUT2D eigenvalue weighted by atomic mass is 9.72. The monoisotopic (exact) mass is 253 g/mol. The summed E-state index contributed by atoms with van der Waals surface area (Å²) in [5, 5.41) is 0. The maximum atomic E-state index is 13.8. The molecule has 1 aliphatic carbocycles. The SMILES string of the molecule is CCCC1CCC(N)(c2cc(F)ccc2F)CC1. The van der Waals surface area contributed by atoms with Crippen LogP contribution in [0.5, 0.6) is 0 Å². The van der Waals surface area contributed by atoms with Gasteiger partial charge in [-0.15, -0.1) is 0 Å². The summed E-state index contributed by atoms with van der Waals surface area (Å²) in [5.41, 5.74) is 5.96. The Morgan fingerprint density at radius 2 is 1.94 bits per heavy atom. The molecule has 0 bridgehead atoms. The maximum absolute atomic E-state index is 13.8. The van der Waals surface area contributed by atoms with Crippen molar-refractivity contribution in [3.8, 4) is 0 Å². The van der Waals surface area contributed by atoms with Crippen LogP contribution in [0.15, 0.2) is 18.2 Å². The Balaban J connectivity index is 2.15. The number of hydrogen-bond donors (Lipinski definition) is 1. The van der Waals surface area contributed by atoms with Crippen LogP contribution < -0.4 is 5.73 Å². The first-order chi connectivity index (χ1) is 8.55. The van der Waals surface area contributed by atoms with Gasteiger partial charge in [0.05, 0.1) is 0 Å². The molecule has 1 aromatic carbocycles. The molecule has 1 aliphatic rings. The molecule has 3 heteroatoms. The van der Waals surface area contributed by atoms with Gasteiger partial charge in [0.25, 0.3) is 0 Å². The molecule has 2 N–H and O–H groups in total. The zero-order valence-electron chi connectivity index (χ0n) is 10.9. The Morgan fingerprint density at radius 1 is 1.28 bits per heavy atom. The second kappa shape index (κ2) is 5.35. The van der Waals surface area contributed by atoms with E-state index in [1.807, 2.05) is 0 Å². The molecule has 0 heterocycles. The van der Waals surface area contributed by atoms with Crippen molar-refractivity contribution < 1.29 is 8.78 Å². The summed E-state index contributed by atoms with van der Waals surface area (Å²) in [6.07, 6.45) is 5.91. The zero-order valence-corrected chi connectivity index (χ0v) is 10.9. The van der Waals surface area contributed by atoms with Crippen LogP contribution in [-0.4, -0.2) is 0 Å². The Morgan fingerprint density at radius 3 is 2.56 bits per heavy atom. The predicted octanol–water partition coefficient (Wildman–Crippen LogP) is 4.11. The molecule has 1 fully saturated rings. The third-order valence-corrected chi connectivity index (χ3v) is 4.16. The lowest BCUT2D eigenvalue weighted by molar-refractivity contribution is 0.221. The van der Waals surface area contributed by atoms with E-state index in [1.54, 1.807) is 0 Å². The van der Waals surface area contributed by atoms with E-state index in [1.165, 1.54) is 25.0 Å². The second-order valence-corrected chi connectivity index (χ2v) is 5.51. The molecule has 18 heavy (non-hydrogen) atoms. The normalized spacial score (nSPS) is 28.3. The minimum absolute atomic E-state index is 0.345. The quantitative estimate of drug-likeness (QED) is 0.862. The largest absolute Gasteiger partial charge is 0.321 e. The van der Waals surface area contributed by atoms with Gasteiger partial charge in [0.2, 0.25) is 0 Å². The van der Waals surface area contributed by atoms with Crippen molar-refractivity contribution >= 4 is 0 Å². The molecule has 100 valence electrons. The van der Waals surface area contributed by atoms with E-state index < -0.39 is 11.4 Å². The highest BCUT2D eigenvalue weighted by molar-refractivity contribution is 5.27. The van der Waals surface area contributed by atoms with E-state index in [4.69, 9.17) is 5.73 Å². The molecule has 0 saturated heterocycles. The Bertz CT molecular complexity index is 409. The van der Waals surface area contributed by atoms with Crippen molar-refractivity contribution in [3.63, 3.8) is 0 Å². The van der Waals surface area contributed by atoms with Gasteiger partial charge in [0.1, 0.15) is 11.6 Å². The van der Waals surface area contributed by atoms with Gasteiger partial charge in [-0.2, -0.15) is 0 Å². The van der Waals surface area contributed by atoms with E-state index in [2.05, 4.69) is 6.92 Å². The number of halogens is 2. The van der Waals surface area contributed by atoms with Crippen LogP contribution in [0, 0.1) is 17.6 Å². The Hall–Kier alpha value is -0.960. The average Bonchev–Trinajstić information content (AvgIpc) is 2.36. The predicted molar refractivity (Wildman–Crippen MR) is 69.1 cm³/mol. The first kappa shape index (κ1) is 13.5. The van der Waals surface area contributed by atoms with Gasteiger partial charge in [-0.25, -0.2) is 8.78 Å². The third-order valence-electron chi connectivity index (χ3n) is 4.16. The van der Waals surface area contributed by atoms with Gasteiger partial charge >= 0.3 is 0 Å². The summed E-state index contributed by atoms with van der Waals surface area (Å²) in [7, 11) is 0. The molecular formula is C15H21F2N. The van der Waals surface area contributed by atoms with Crippen LogP contribution in [0.3, 0.4) is 0 Å². The van der Waals surface area contributed by atoms with Crippen molar-refractivity contribution in [2.75, 3.05) is 0 Å². The van der Waals surface area contributed by atoms with Crippen molar-refractivity contribution in [1.29, 1.82) is 0 Å². The van der Waals surface area contributed by atoms with Crippen LogP contribution in [0.25, 0.3) is 0 Å². The van der Waals surface area contributed by atoms with Gasteiger partial charge in [0.15, 0.2) is 0 Å². The first-order valence-electron chi connectivity index (χ1n) is 6.79. The molecule has 0 aliphatic heterocycles. The molecule has 2 rings (SSSR count). The standard InChI is InChI=1S/C15H21F2N/c1-2-3-11-6-8-15(18,9-7-11)13-10-12(16)4-5-14(13)17/h4-5,10-11H,2-3,6-9,18H2,1H3. The average molecular weight is 253 g/mol. The summed E-state index contributed by atoms with van der Waals surface area (Å²) >= 11 is 0. The van der Waals surface area contributed by atoms with Crippen LogP contribution in [0.2, 0.25) is 0 Å². The Labute approximate surface area is 107 Å². The van der Waals surface area contributed by atoms with E-state index in [-0.39, 0.29) is 5.82 Å². The van der Waals surface area contributed by atoms with Gasteiger partial charge < -0.3 is 5.73 Å². The number of hydrogen-bond acceptors (Lipinski definition) is 1. The number of rotatable bonds is 3. The van der Waals surface area contributed by atoms with Crippen molar-refractivity contribution in [1.82, 2.24) is 0 Å². The van der Waals surface area contributed by atoms with Crippen LogP contribution in [0.1, 0.15) is 51.0 Å². The van der Waals surface area contributed by atoms with Gasteiger partial charge in [-0.1, -0.05) is 19.8 Å². The minimum Gasteiger partial charge on any atom is -0.321 e. The summed E-state index contributed by atoms with van der Waals surface area (Å²) < 4.78 is 27.0.